The van der Waals surface area contributed by atoms with Crippen molar-refractivity contribution in [2.45, 2.75) is 106 Å². The van der Waals surface area contributed by atoms with Gasteiger partial charge in [-0.3, -0.25) is 9.78 Å². The molecule has 0 fully saturated rings. The standard InChI is InChI=1S/C35H34NOSSi2.C13H24O2.Ir/c1-35(2,3)29-19-25(18-24-10-8-9-11-26(24)29)33-34-28(16-17-36-33)27-14-12-22(20-30(27)38-34)23-13-15-31-32(21-23)40(6,7)37-39(31,4)5;1-5-10(6-2)12(14)9-13(15)11(7-3)8-4;/h8-17,19-21H,1-7H3;9-11,14H,5-8H2,1-4H3;/q-1;;/b;12-9-;. The Balaban J connectivity index is 0.000000322. The van der Waals surface area contributed by atoms with Gasteiger partial charge >= 0.3 is 0 Å². The summed E-state index contributed by atoms with van der Waals surface area (Å²) in [5.74, 6) is 0.547. The Morgan fingerprint density at radius 3 is 2.09 bits per heavy atom. The largest absolute Gasteiger partial charge is 0.512 e. The third kappa shape index (κ3) is 8.76. The van der Waals surface area contributed by atoms with Gasteiger partial charge in [0.2, 0.25) is 16.6 Å². The number of rotatable bonds is 9. The van der Waals surface area contributed by atoms with Crippen LogP contribution in [0.3, 0.4) is 0 Å². The zero-order chi connectivity index (χ0) is 39.9. The number of fused-ring (bicyclic) bond motifs is 5. The predicted molar refractivity (Wildman–Crippen MR) is 242 cm³/mol. The Hall–Kier alpha value is -3.24. The topological polar surface area (TPSA) is 59.4 Å². The molecule has 2 aromatic heterocycles. The average Bonchev–Trinajstić information content (AvgIpc) is 3.61. The summed E-state index contributed by atoms with van der Waals surface area (Å²) in [4.78, 5) is 16.6. The molecule has 0 bridgehead atoms. The molecule has 3 heterocycles. The number of carbonyl (C=O) groups excluding carboxylic acids is 1. The number of hydrogen-bond donors (Lipinski definition) is 1. The number of ketones is 1. The van der Waals surface area contributed by atoms with Gasteiger partial charge in [0.25, 0.3) is 0 Å². The molecule has 7 rings (SSSR count). The van der Waals surface area contributed by atoms with Crippen LogP contribution in [0.5, 0.6) is 0 Å². The molecule has 8 heteroatoms. The molecule has 297 valence electrons. The molecule has 4 nitrogen and oxygen atoms in total. The molecule has 1 N–H and O–H groups in total. The molecule has 0 atom stereocenters. The molecule has 56 heavy (non-hydrogen) atoms. The van der Waals surface area contributed by atoms with E-state index in [0.717, 1.165) is 42.3 Å². The minimum Gasteiger partial charge on any atom is -0.512 e. The fraction of sp³-hybridized carbons (Fsp3) is 0.375. The first kappa shape index (κ1) is 43.9. The summed E-state index contributed by atoms with van der Waals surface area (Å²) >= 11 is 1.84. The zero-order valence-electron chi connectivity index (χ0n) is 35.0. The normalized spacial score (nSPS) is 14.9. The Labute approximate surface area is 354 Å². The number of aliphatic hydroxyl groups is 1. The number of pyridine rings is 1. The van der Waals surface area contributed by atoms with E-state index in [1.54, 1.807) is 0 Å². The maximum Gasteiger partial charge on any atom is 0.206 e. The Kier molecular flexibility index (Phi) is 13.6. The maximum absolute atomic E-state index is 11.7. The number of aromatic nitrogens is 1. The molecule has 0 amide bonds. The first-order valence-electron chi connectivity index (χ1n) is 20.1. The first-order chi connectivity index (χ1) is 26.0. The molecule has 1 aliphatic rings. The molecule has 4 aromatic carbocycles. The van der Waals surface area contributed by atoms with E-state index in [1.807, 2.05) is 45.2 Å². The molecule has 0 unspecified atom stereocenters. The summed E-state index contributed by atoms with van der Waals surface area (Å²) in [5, 5.41) is 17.7. The van der Waals surface area contributed by atoms with E-state index in [4.69, 9.17) is 9.10 Å². The van der Waals surface area contributed by atoms with Crippen molar-refractivity contribution in [1.29, 1.82) is 0 Å². The number of nitrogens with zero attached hydrogens (tertiary/aromatic N) is 1. The number of hydrogen-bond acceptors (Lipinski definition) is 5. The second kappa shape index (κ2) is 17.3. The van der Waals surface area contributed by atoms with Gasteiger partial charge in [-0.25, -0.2) is 0 Å². The second-order valence-corrected chi connectivity index (χ2v) is 26.1. The number of aliphatic hydroxyl groups excluding tert-OH is 1. The summed E-state index contributed by atoms with van der Waals surface area (Å²) in [6.45, 7) is 24.3. The van der Waals surface area contributed by atoms with E-state index < -0.39 is 16.6 Å². The zero-order valence-corrected chi connectivity index (χ0v) is 40.2. The van der Waals surface area contributed by atoms with Crippen molar-refractivity contribution in [3.63, 3.8) is 0 Å². The van der Waals surface area contributed by atoms with Gasteiger partial charge in [-0.2, -0.15) is 0 Å². The number of carbonyl (C=O) groups is 1. The Morgan fingerprint density at radius 2 is 1.43 bits per heavy atom. The summed E-state index contributed by atoms with van der Waals surface area (Å²) in [6.07, 6.45) is 6.86. The third-order valence-electron chi connectivity index (χ3n) is 11.5. The smallest absolute Gasteiger partial charge is 0.206 e. The molecule has 0 saturated carbocycles. The molecule has 0 spiro atoms. The van der Waals surface area contributed by atoms with Crippen molar-refractivity contribution in [3.05, 3.63) is 102 Å². The Bertz CT molecular complexity index is 2400. The van der Waals surface area contributed by atoms with Crippen LogP contribution in [0.2, 0.25) is 26.2 Å². The molecule has 0 saturated heterocycles. The molecular formula is C48H58IrNO3SSi2-. The van der Waals surface area contributed by atoms with Crippen molar-refractivity contribution < 1.29 is 34.1 Å². The number of allylic oxidation sites excluding steroid dienone is 2. The van der Waals surface area contributed by atoms with Crippen LogP contribution in [-0.4, -0.2) is 32.5 Å². The van der Waals surface area contributed by atoms with Gasteiger partial charge in [0.1, 0.15) is 0 Å². The van der Waals surface area contributed by atoms with Crippen molar-refractivity contribution >= 4 is 75.1 Å². The van der Waals surface area contributed by atoms with E-state index >= 15 is 0 Å². The SMILES string of the molecule is CC(C)(C)c1cc(-c2nccc3c2sc2cc(-c4ccc5c(c4)[Si](C)(C)O[Si]5(C)C)ccc23)[c-]c2ccccc12.CCC(CC)C(=O)/C=C(\O)C(CC)CC.[Ir]. The van der Waals surface area contributed by atoms with Gasteiger partial charge in [-0.05, 0) is 102 Å². The average molecular weight is 977 g/mol. The van der Waals surface area contributed by atoms with Crippen LogP contribution in [0.4, 0.5) is 0 Å². The van der Waals surface area contributed by atoms with Crippen molar-refractivity contribution in [2.75, 3.05) is 0 Å². The summed E-state index contributed by atoms with van der Waals surface area (Å²) in [5.41, 5.74) is 5.98. The number of thiophene rings is 1. The molecule has 1 aliphatic heterocycles. The minimum absolute atomic E-state index is 0. The molecule has 6 aromatic rings. The van der Waals surface area contributed by atoms with Crippen LogP contribution in [0, 0.1) is 17.9 Å². The van der Waals surface area contributed by atoms with Gasteiger partial charge in [-0.15, -0.1) is 40.5 Å². The molecule has 1 radical (unpaired) electrons. The van der Waals surface area contributed by atoms with Crippen LogP contribution in [0.25, 0.3) is 53.3 Å². The monoisotopic (exact) mass is 977 g/mol. The van der Waals surface area contributed by atoms with E-state index in [-0.39, 0.29) is 48.9 Å². The summed E-state index contributed by atoms with van der Waals surface area (Å²) < 4.78 is 9.21. The van der Waals surface area contributed by atoms with Crippen LogP contribution < -0.4 is 10.4 Å². The third-order valence-corrected chi connectivity index (χ3v) is 20.4. The van der Waals surface area contributed by atoms with E-state index in [9.17, 15) is 9.90 Å². The van der Waals surface area contributed by atoms with Gasteiger partial charge in [0.15, 0.2) is 5.78 Å². The van der Waals surface area contributed by atoms with Crippen LogP contribution in [0.1, 0.15) is 79.7 Å². The maximum atomic E-state index is 11.7. The van der Waals surface area contributed by atoms with Gasteiger partial charge in [-0.1, -0.05) is 108 Å². The van der Waals surface area contributed by atoms with Crippen molar-refractivity contribution in [2.24, 2.45) is 11.8 Å². The van der Waals surface area contributed by atoms with Crippen LogP contribution >= 0.6 is 11.3 Å². The Morgan fingerprint density at radius 1 is 0.804 bits per heavy atom. The molecule has 0 aliphatic carbocycles. The fourth-order valence-corrected chi connectivity index (χ4v) is 19.8. The minimum atomic E-state index is -1.87. The van der Waals surface area contributed by atoms with E-state index in [0.29, 0.717) is 0 Å². The fourth-order valence-electron chi connectivity index (χ4n) is 8.33. The van der Waals surface area contributed by atoms with Crippen molar-refractivity contribution in [1.82, 2.24) is 4.98 Å². The predicted octanol–water partition coefficient (Wildman–Crippen LogP) is 12.8. The van der Waals surface area contributed by atoms with E-state index in [2.05, 4.69) is 126 Å². The van der Waals surface area contributed by atoms with Crippen LogP contribution in [-0.2, 0) is 34.4 Å². The quantitative estimate of drug-likeness (QED) is 0.0679. The van der Waals surface area contributed by atoms with Gasteiger partial charge < -0.3 is 9.22 Å². The van der Waals surface area contributed by atoms with E-state index in [1.165, 1.54) is 58.7 Å². The number of benzene rings is 4. The summed E-state index contributed by atoms with van der Waals surface area (Å²) in [7, 11) is -3.67. The summed E-state index contributed by atoms with van der Waals surface area (Å²) in [6, 6.07) is 30.8. The van der Waals surface area contributed by atoms with Gasteiger partial charge in [0, 0.05) is 59.3 Å². The second-order valence-electron chi connectivity index (χ2n) is 17.1. The molecular weight excluding hydrogens is 919 g/mol. The van der Waals surface area contributed by atoms with Gasteiger partial charge in [0.05, 0.1) is 5.76 Å². The first-order valence-corrected chi connectivity index (χ1v) is 26.7. The van der Waals surface area contributed by atoms with Crippen LogP contribution in [0.15, 0.2) is 90.8 Å². The van der Waals surface area contributed by atoms with Crippen molar-refractivity contribution in [3.8, 4) is 22.4 Å².